The quantitative estimate of drug-likeness (QED) is 0.827. The smallest absolute Gasteiger partial charge is 0.00103 e. The van der Waals surface area contributed by atoms with Crippen molar-refractivity contribution in [2.24, 2.45) is 17.6 Å². The van der Waals surface area contributed by atoms with Gasteiger partial charge in [0.15, 0.2) is 0 Å². The third-order valence-corrected chi connectivity index (χ3v) is 4.17. The molecule has 1 atom stereocenters. The van der Waals surface area contributed by atoms with E-state index < -0.39 is 0 Å². The molecule has 16 heavy (non-hydrogen) atoms. The van der Waals surface area contributed by atoms with Gasteiger partial charge in [-0.25, -0.2) is 0 Å². The molecule has 0 aromatic carbocycles. The number of rotatable bonds is 4. The molecule has 3 heteroatoms. The highest BCUT2D eigenvalue weighted by molar-refractivity contribution is 5.85. The molecular formula is C13H27ClN2. The Morgan fingerprint density at radius 3 is 2.38 bits per heavy atom. The molecule has 1 unspecified atom stereocenters. The molecule has 2 rings (SSSR count). The average Bonchev–Trinajstić information content (AvgIpc) is 2.71. The highest BCUT2D eigenvalue weighted by atomic mass is 35.5. The van der Waals surface area contributed by atoms with Gasteiger partial charge in [-0.3, -0.25) is 0 Å². The second kappa shape index (κ2) is 7.52. The summed E-state index contributed by atoms with van der Waals surface area (Å²) >= 11 is 0. The van der Waals surface area contributed by atoms with Gasteiger partial charge in [-0.2, -0.15) is 0 Å². The first-order valence-corrected chi connectivity index (χ1v) is 6.81. The van der Waals surface area contributed by atoms with E-state index in [1.54, 1.807) is 0 Å². The Kier molecular flexibility index (Phi) is 6.71. The van der Waals surface area contributed by atoms with E-state index in [1.165, 1.54) is 64.6 Å². The van der Waals surface area contributed by atoms with Crippen molar-refractivity contribution >= 4 is 12.4 Å². The number of piperidine rings is 1. The predicted octanol–water partition coefficient (Wildman–Crippen LogP) is 2.66. The Hall–Kier alpha value is 0.210. The number of halogens is 1. The van der Waals surface area contributed by atoms with Gasteiger partial charge in [-0.15, -0.1) is 12.4 Å². The van der Waals surface area contributed by atoms with Crippen LogP contribution in [0.1, 0.15) is 44.9 Å². The summed E-state index contributed by atoms with van der Waals surface area (Å²) in [5, 5.41) is 0. The fourth-order valence-electron chi connectivity index (χ4n) is 3.35. The van der Waals surface area contributed by atoms with Crippen LogP contribution in [0.2, 0.25) is 0 Å². The molecule has 0 aromatic heterocycles. The Bertz CT molecular complexity index is 179. The van der Waals surface area contributed by atoms with E-state index in [0.717, 1.165) is 18.4 Å². The lowest BCUT2D eigenvalue weighted by atomic mass is 9.94. The molecule has 0 spiro atoms. The second-order valence-electron chi connectivity index (χ2n) is 5.50. The SMILES string of the molecule is Cl.NCCC1CCCN(CC2CCCC2)C1. The second-order valence-corrected chi connectivity index (χ2v) is 5.50. The molecule has 2 fully saturated rings. The van der Waals surface area contributed by atoms with Crippen molar-refractivity contribution in [3.63, 3.8) is 0 Å². The third kappa shape index (κ3) is 4.23. The summed E-state index contributed by atoms with van der Waals surface area (Å²) in [5.74, 6) is 1.91. The van der Waals surface area contributed by atoms with Crippen molar-refractivity contribution in [2.75, 3.05) is 26.2 Å². The van der Waals surface area contributed by atoms with E-state index in [2.05, 4.69) is 4.90 Å². The fraction of sp³-hybridized carbons (Fsp3) is 1.00. The minimum absolute atomic E-state index is 0. The Morgan fingerprint density at radius 2 is 1.69 bits per heavy atom. The lowest BCUT2D eigenvalue weighted by molar-refractivity contribution is 0.148. The van der Waals surface area contributed by atoms with Crippen molar-refractivity contribution in [2.45, 2.75) is 44.9 Å². The van der Waals surface area contributed by atoms with Gasteiger partial charge in [-0.1, -0.05) is 12.8 Å². The van der Waals surface area contributed by atoms with E-state index in [4.69, 9.17) is 5.73 Å². The van der Waals surface area contributed by atoms with E-state index in [0.29, 0.717) is 0 Å². The molecular weight excluding hydrogens is 220 g/mol. The molecule has 1 aliphatic carbocycles. The summed E-state index contributed by atoms with van der Waals surface area (Å²) in [6.07, 6.45) is 9.97. The van der Waals surface area contributed by atoms with E-state index in [9.17, 15) is 0 Å². The molecule has 1 saturated heterocycles. The van der Waals surface area contributed by atoms with Gasteiger partial charge < -0.3 is 10.6 Å². The lowest BCUT2D eigenvalue weighted by Gasteiger charge is -2.34. The van der Waals surface area contributed by atoms with Crippen molar-refractivity contribution in [1.82, 2.24) is 4.90 Å². The van der Waals surface area contributed by atoms with Gasteiger partial charge in [0.1, 0.15) is 0 Å². The first-order chi connectivity index (χ1) is 7.38. The van der Waals surface area contributed by atoms with Crippen LogP contribution in [-0.2, 0) is 0 Å². The maximum absolute atomic E-state index is 5.65. The highest BCUT2D eigenvalue weighted by Crippen LogP contribution is 2.27. The van der Waals surface area contributed by atoms with Crippen molar-refractivity contribution in [3.8, 4) is 0 Å². The van der Waals surface area contributed by atoms with E-state index in [1.807, 2.05) is 0 Å². The first-order valence-electron chi connectivity index (χ1n) is 6.81. The molecule has 0 amide bonds. The molecule has 0 bridgehead atoms. The zero-order valence-corrected chi connectivity index (χ0v) is 11.2. The molecule has 1 saturated carbocycles. The number of likely N-dealkylation sites (tertiary alicyclic amines) is 1. The maximum Gasteiger partial charge on any atom is 0.00103 e. The van der Waals surface area contributed by atoms with Crippen molar-refractivity contribution in [3.05, 3.63) is 0 Å². The van der Waals surface area contributed by atoms with Crippen LogP contribution < -0.4 is 5.73 Å². The molecule has 96 valence electrons. The summed E-state index contributed by atoms with van der Waals surface area (Å²) in [6, 6.07) is 0. The monoisotopic (exact) mass is 246 g/mol. The number of hydrogen-bond donors (Lipinski definition) is 1. The Morgan fingerprint density at radius 1 is 1.00 bits per heavy atom. The third-order valence-electron chi connectivity index (χ3n) is 4.17. The van der Waals surface area contributed by atoms with Crippen molar-refractivity contribution in [1.29, 1.82) is 0 Å². The summed E-state index contributed by atoms with van der Waals surface area (Å²) < 4.78 is 0. The maximum atomic E-state index is 5.65. The van der Waals surface area contributed by atoms with Crippen LogP contribution in [-0.4, -0.2) is 31.1 Å². The largest absolute Gasteiger partial charge is 0.330 e. The molecule has 2 nitrogen and oxygen atoms in total. The first kappa shape index (κ1) is 14.3. The molecule has 0 aromatic rings. The van der Waals surface area contributed by atoms with Crippen LogP contribution in [0.4, 0.5) is 0 Å². The minimum atomic E-state index is 0. The summed E-state index contributed by atoms with van der Waals surface area (Å²) in [4.78, 5) is 2.71. The van der Waals surface area contributed by atoms with Gasteiger partial charge in [0.05, 0.1) is 0 Å². The van der Waals surface area contributed by atoms with Crippen LogP contribution in [0.5, 0.6) is 0 Å². The molecule has 2 N–H and O–H groups in total. The summed E-state index contributed by atoms with van der Waals surface area (Å²) in [6.45, 7) is 4.92. The van der Waals surface area contributed by atoms with E-state index >= 15 is 0 Å². The molecule has 1 aliphatic heterocycles. The van der Waals surface area contributed by atoms with Crippen LogP contribution >= 0.6 is 12.4 Å². The van der Waals surface area contributed by atoms with Gasteiger partial charge >= 0.3 is 0 Å². The molecule has 0 radical (unpaired) electrons. The van der Waals surface area contributed by atoms with Crippen LogP contribution in [0.25, 0.3) is 0 Å². The predicted molar refractivity (Wildman–Crippen MR) is 72.0 cm³/mol. The number of nitrogens with two attached hydrogens (primary N) is 1. The van der Waals surface area contributed by atoms with Crippen LogP contribution in [0, 0.1) is 11.8 Å². The van der Waals surface area contributed by atoms with Crippen LogP contribution in [0.15, 0.2) is 0 Å². The van der Waals surface area contributed by atoms with Crippen LogP contribution in [0.3, 0.4) is 0 Å². The number of hydrogen-bond acceptors (Lipinski definition) is 2. The number of nitrogens with zero attached hydrogens (tertiary/aromatic N) is 1. The van der Waals surface area contributed by atoms with Gasteiger partial charge in [0.2, 0.25) is 0 Å². The average molecular weight is 247 g/mol. The van der Waals surface area contributed by atoms with Gasteiger partial charge in [0, 0.05) is 13.1 Å². The standard InChI is InChI=1S/C13H26N2.ClH/c14-8-7-13-6-3-9-15(11-13)10-12-4-1-2-5-12;/h12-13H,1-11,14H2;1H. The highest BCUT2D eigenvalue weighted by Gasteiger charge is 2.23. The normalized spacial score (nSPS) is 27.9. The molecule has 1 heterocycles. The van der Waals surface area contributed by atoms with Gasteiger partial charge in [-0.05, 0) is 57.0 Å². The zero-order chi connectivity index (χ0) is 10.5. The van der Waals surface area contributed by atoms with E-state index in [-0.39, 0.29) is 12.4 Å². The topological polar surface area (TPSA) is 29.3 Å². The van der Waals surface area contributed by atoms with Crippen molar-refractivity contribution < 1.29 is 0 Å². The fourth-order valence-corrected chi connectivity index (χ4v) is 3.35. The minimum Gasteiger partial charge on any atom is -0.330 e. The van der Waals surface area contributed by atoms with Gasteiger partial charge in [0.25, 0.3) is 0 Å². The Balaban J connectivity index is 0.00000128. The summed E-state index contributed by atoms with van der Waals surface area (Å²) in [5.41, 5.74) is 5.65. The Labute approximate surface area is 106 Å². The summed E-state index contributed by atoms with van der Waals surface area (Å²) in [7, 11) is 0. The lowest BCUT2D eigenvalue weighted by Crippen LogP contribution is -2.38. The zero-order valence-electron chi connectivity index (χ0n) is 10.4. The molecule has 2 aliphatic rings.